The van der Waals surface area contributed by atoms with E-state index in [9.17, 15) is 9.90 Å². The summed E-state index contributed by atoms with van der Waals surface area (Å²) >= 11 is 0. The number of allylic oxidation sites excluding steroid dienone is 2. The minimum atomic E-state index is -0.768. The third kappa shape index (κ3) is 3.14. The van der Waals surface area contributed by atoms with Crippen molar-refractivity contribution in [1.82, 2.24) is 0 Å². The van der Waals surface area contributed by atoms with Crippen LogP contribution in [-0.4, -0.2) is 11.1 Å². The van der Waals surface area contributed by atoms with Crippen LogP contribution in [0.25, 0.3) is 0 Å². The summed E-state index contributed by atoms with van der Waals surface area (Å²) in [6, 6.07) is 17.4. The maximum Gasteiger partial charge on any atom is 0.311 e. The topological polar surface area (TPSA) is 46.5 Å². The van der Waals surface area contributed by atoms with Crippen molar-refractivity contribution >= 4 is 5.97 Å². The quantitative estimate of drug-likeness (QED) is 0.678. The first-order valence-electron chi connectivity index (χ1n) is 8.97. The van der Waals surface area contributed by atoms with Gasteiger partial charge < -0.3 is 9.84 Å². The summed E-state index contributed by atoms with van der Waals surface area (Å²) in [4.78, 5) is 12.2. The van der Waals surface area contributed by atoms with Crippen LogP contribution in [0.5, 0.6) is 11.5 Å². The summed E-state index contributed by atoms with van der Waals surface area (Å²) in [6.07, 6.45) is 2.61. The summed E-state index contributed by atoms with van der Waals surface area (Å²) in [5, 5.41) is 10.0. The molecule has 1 fully saturated rings. The standard InChI is InChI=1S/C23H26O3/c1-16(2)13-20-22(3,4)23(20,21(24)25)15-17-9-8-12-19(14-17)26-18-10-6-5-7-11-18/h5-14,20H,15H2,1-4H3,(H,24,25)/t20-,23+/m0/s1. The maximum atomic E-state index is 12.2. The highest BCUT2D eigenvalue weighted by Crippen LogP contribution is 2.71. The van der Waals surface area contributed by atoms with Crippen LogP contribution in [0.2, 0.25) is 0 Å². The van der Waals surface area contributed by atoms with Gasteiger partial charge in [0.25, 0.3) is 0 Å². The van der Waals surface area contributed by atoms with Crippen molar-refractivity contribution in [3.63, 3.8) is 0 Å². The van der Waals surface area contributed by atoms with Gasteiger partial charge in [0.1, 0.15) is 11.5 Å². The van der Waals surface area contributed by atoms with Crippen molar-refractivity contribution in [2.45, 2.75) is 34.1 Å². The summed E-state index contributed by atoms with van der Waals surface area (Å²) in [7, 11) is 0. The van der Waals surface area contributed by atoms with E-state index in [-0.39, 0.29) is 11.3 Å². The molecule has 3 rings (SSSR count). The van der Waals surface area contributed by atoms with E-state index in [1.54, 1.807) is 0 Å². The minimum Gasteiger partial charge on any atom is -0.481 e. The molecular formula is C23H26O3. The molecule has 0 aliphatic heterocycles. The Morgan fingerprint density at radius 2 is 1.73 bits per heavy atom. The Hall–Kier alpha value is -2.55. The zero-order valence-corrected chi connectivity index (χ0v) is 15.8. The Labute approximate surface area is 155 Å². The number of hydrogen-bond acceptors (Lipinski definition) is 2. The van der Waals surface area contributed by atoms with Crippen LogP contribution in [0.15, 0.2) is 66.2 Å². The Morgan fingerprint density at radius 1 is 1.08 bits per heavy atom. The van der Waals surface area contributed by atoms with Gasteiger partial charge in [-0.15, -0.1) is 0 Å². The molecular weight excluding hydrogens is 324 g/mol. The average molecular weight is 350 g/mol. The highest BCUT2D eigenvalue weighted by molar-refractivity contribution is 5.82. The Morgan fingerprint density at radius 3 is 2.35 bits per heavy atom. The second kappa shape index (κ2) is 6.64. The predicted molar refractivity (Wildman–Crippen MR) is 103 cm³/mol. The Balaban J connectivity index is 1.87. The first kappa shape index (κ1) is 18.2. The van der Waals surface area contributed by atoms with Crippen molar-refractivity contribution in [1.29, 1.82) is 0 Å². The van der Waals surface area contributed by atoms with Gasteiger partial charge in [0.05, 0.1) is 5.41 Å². The van der Waals surface area contributed by atoms with Crippen LogP contribution < -0.4 is 4.74 Å². The van der Waals surface area contributed by atoms with E-state index in [1.165, 1.54) is 0 Å². The lowest BCUT2D eigenvalue weighted by atomic mass is 9.88. The predicted octanol–water partition coefficient (Wildman–Crippen LogP) is 5.71. The maximum absolute atomic E-state index is 12.2. The zero-order chi connectivity index (χ0) is 18.9. The van der Waals surface area contributed by atoms with Gasteiger partial charge in [0.2, 0.25) is 0 Å². The molecule has 2 aromatic rings. The first-order chi connectivity index (χ1) is 12.3. The van der Waals surface area contributed by atoms with Crippen molar-refractivity contribution in [3.05, 3.63) is 71.8 Å². The first-order valence-corrected chi connectivity index (χ1v) is 8.97. The van der Waals surface area contributed by atoms with Crippen LogP contribution in [0.1, 0.15) is 33.3 Å². The number of rotatable bonds is 6. The van der Waals surface area contributed by atoms with Crippen LogP contribution in [0, 0.1) is 16.7 Å². The fraction of sp³-hybridized carbons (Fsp3) is 0.348. The number of carboxylic acid groups (broad SMARTS) is 1. The normalized spacial score (nSPS) is 23.2. The molecule has 0 spiro atoms. The van der Waals surface area contributed by atoms with Crippen molar-refractivity contribution in [2.75, 3.05) is 0 Å². The van der Waals surface area contributed by atoms with E-state index >= 15 is 0 Å². The van der Waals surface area contributed by atoms with Gasteiger partial charge in [0, 0.05) is 5.92 Å². The number of ether oxygens (including phenoxy) is 1. The van der Waals surface area contributed by atoms with Crippen molar-refractivity contribution in [2.24, 2.45) is 16.7 Å². The van der Waals surface area contributed by atoms with Gasteiger partial charge in [-0.1, -0.05) is 55.8 Å². The molecule has 0 saturated heterocycles. The number of carboxylic acids is 1. The number of benzene rings is 2. The average Bonchev–Trinajstić information content (AvgIpc) is 3.03. The molecule has 1 N–H and O–H groups in total. The zero-order valence-electron chi connectivity index (χ0n) is 15.8. The second-order valence-corrected chi connectivity index (χ2v) is 7.96. The van der Waals surface area contributed by atoms with Crippen molar-refractivity contribution < 1.29 is 14.6 Å². The van der Waals surface area contributed by atoms with E-state index in [1.807, 2.05) is 68.4 Å². The van der Waals surface area contributed by atoms with Gasteiger partial charge in [-0.2, -0.15) is 0 Å². The van der Waals surface area contributed by atoms with E-state index in [0.29, 0.717) is 6.42 Å². The molecule has 0 aromatic heterocycles. The number of hydrogen-bond donors (Lipinski definition) is 1. The van der Waals surface area contributed by atoms with Crippen LogP contribution in [0.4, 0.5) is 0 Å². The van der Waals surface area contributed by atoms with Gasteiger partial charge in [0.15, 0.2) is 0 Å². The molecule has 2 atom stereocenters. The molecule has 3 heteroatoms. The molecule has 0 heterocycles. The Kier molecular flexibility index (Phi) is 4.66. The minimum absolute atomic E-state index is 0.0381. The molecule has 26 heavy (non-hydrogen) atoms. The summed E-state index contributed by atoms with van der Waals surface area (Å²) in [5.41, 5.74) is 1.10. The number of carbonyl (C=O) groups is 1. The van der Waals surface area contributed by atoms with Crippen LogP contribution in [0.3, 0.4) is 0 Å². The molecule has 1 aliphatic carbocycles. The molecule has 3 nitrogen and oxygen atoms in total. The number of para-hydroxylation sites is 1. The third-order valence-electron chi connectivity index (χ3n) is 5.62. The van der Waals surface area contributed by atoms with Gasteiger partial charge in [-0.25, -0.2) is 0 Å². The highest BCUT2D eigenvalue weighted by atomic mass is 16.5. The second-order valence-electron chi connectivity index (χ2n) is 7.96. The molecule has 0 bridgehead atoms. The molecule has 136 valence electrons. The molecule has 2 aromatic carbocycles. The third-order valence-corrected chi connectivity index (χ3v) is 5.62. The monoisotopic (exact) mass is 350 g/mol. The molecule has 1 aliphatic rings. The van der Waals surface area contributed by atoms with Gasteiger partial charge in [-0.3, -0.25) is 4.79 Å². The SMILES string of the molecule is CC(C)=C[C@H]1C(C)(C)[C@@]1(Cc1cccc(Oc2ccccc2)c1)C(=O)O. The van der Waals surface area contributed by atoms with Crippen LogP contribution >= 0.6 is 0 Å². The smallest absolute Gasteiger partial charge is 0.311 e. The summed E-state index contributed by atoms with van der Waals surface area (Å²) in [6.45, 7) is 8.15. The lowest BCUT2D eigenvalue weighted by molar-refractivity contribution is -0.145. The van der Waals surface area contributed by atoms with Gasteiger partial charge in [-0.05, 0) is 55.5 Å². The fourth-order valence-corrected chi connectivity index (χ4v) is 4.07. The summed E-state index contributed by atoms with van der Waals surface area (Å²) in [5.74, 6) is 0.814. The lowest BCUT2D eigenvalue weighted by Crippen LogP contribution is -2.24. The fourth-order valence-electron chi connectivity index (χ4n) is 4.07. The summed E-state index contributed by atoms with van der Waals surface area (Å²) < 4.78 is 5.90. The van der Waals surface area contributed by atoms with Gasteiger partial charge >= 0.3 is 5.97 Å². The molecule has 1 saturated carbocycles. The van der Waals surface area contributed by atoms with Crippen LogP contribution in [-0.2, 0) is 11.2 Å². The highest BCUT2D eigenvalue weighted by Gasteiger charge is 2.74. The molecule has 0 unspecified atom stereocenters. The molecule has 0 radical (unpaired) electrons. The van der Waals surface area contributed by atoms with E-state index in [2.05, 4.69) is 19.9 Å². The van der Waals surface area contributed by atoms with Crippen molar-refractivity contribution in [3.8, 4) is 11.5 Å². The van der Waals surface area contributed by atoms with E-state index < -0.39 is 11.4 Å². The van der Waals surface area contributed by atoms with E-state index in [4.69, 9.17) is 4.74 Å². The number of aliphatic carboxylic acids is 1. The lowest BCUT2D eigenvalue weighted by Gasteiger charge is -2.16. The largest absolute Gasteiger partial charge is 0.481 e. The molecule has 0 amide bonds. The van der Waals surface area contributed by atoms with E-state index in [0.717, 1.165) is 22.6 Å². The Bertz CT molecular complexity index is 832.